The van der Waals surface area contributed by atoms with E-state index in [4.69, 9.17) is 5.73 Å². The van der Waals surface area contributed by atoms with Gasteiger partial charge in [0.05, 0.1) is 22.8 Å². The lowest BCUT2D eigenvalue weighted by Gasteiger charge is -2.37. The van der Waals surface area contributed by atoms with E-state index < -0.39 is 27.8 Å². The number of primary amides is 1. The fraction of sp³-hybridized carbons (Fsp3) is 0.517. The van der Waals surface area contributed by atoms with Gasteiger partial charge < -0.3 is 15.7 Å². The van der Waals surface area contributed by atoms with E-state index in [9.17, 15) is 23.1 Å². The number of nitrogens with zero attached hydrogens (tertiary/aromatic N) is 1. The molecule has 9 heteroatoms. The summed E-state index contributed by atoms with van der Waals surface area (Å²) < 4.78 is 28.1. The Balaban J connectivity index is 2.12. The molecule has 0 aliphatic carbocycles. The average molecular weight is 544 g/mol. The van der Waals surface area contributed by atoms with Gasteiger partial charge in [-0.25, -0.2) is 8.42 Å². The standard InChI is InChI=1S/C29H41N3O5S/c1-4-6-13-29(14-7-5-2)19-32(23-11-9-8-10-12-23)25-15-21(3)22(16-26(25)38(36,37)20-29)18-31-24(28(34)35)17-27(30)33/h8-12,15-16,24,31H,4-7,13-14,17-20H2,1-3H3,(H2,30,33)(H,34,35). The molecule has 2 aromatic carbocycles. The van der Waals surface area contributed by atoms with Crippen LogP contribution in [0.4, 0.5) is 11.4 Å². The molecule has 0 fully saturated rings. The zero-order chi connectivity index (χ0) is 27.9. The summed E-state index contributed by atoms with van der Waals surface area (Å²) in [5.74, 6) is -1.83. The Morgan fingerprint density at radius 2 is 1.74 bits per heavy atom. The molecule has 1 aliphatic rings. The van der Waals surface area contributed by atoms with Crippen molar-refractivity contribution in [3.05, 3.63) is 53.6 Å². The predicted octanol–water partition coefficient (Wildman–Crippen LogP) is 4.71. The van der Waals surface area contributed by atoms with E-state index in [-0.39, 0.29) is 29.0 Å². The van der Waals surface area contributed by atoms with E-state index in [2.05, 4.69) is 24.1 Å². The van der Waals surface area contributed by atoms with Gasteiger partial charge in [-0.1, -0.05) is 57.7 Å². The normalized spacial score (nSPS) is 16.9. The number of hydrogen-bond donors (Lipinski definition) is 3. The minimum atomic E-state index is -3.66. The summed E-state index contributed by atoms with van der Waals surface area (Å²) in [5, 5.41) is 12.3. The van der Waals surface area contributed by atoms with Crippen LogP contribution in [-0.2, 0) is 26.0 Å². The first-order valence-electron chi connectivity index (χ1n) is 13.5. The van der Waals surface area contributed by atoms with Gasteiger partial charge in [0.2, 0.25) is 5.91 Å². The lowest BCUT2D eigenvalue weighted by Crippen LogP contribution is -2.39. The number of carbonyl (C=O) groups excluding carboxylic acids is 1. The SMILES string of the molecule is CCCCC1(CCCC)CN(c2ccccc2)c2cc(C)c(CNC(CC(N)=O)C(=O)O)cc2S(=O)(=O)C1. The van der Waals surface area contributed by atoms with Gasteiger partial charge in [-0.2, -0.15) is 0 Å². The summed E-state index contributed by atoms with van der Waals surface area (Å²) in [6.45, 7) is 6.87. The fourth-order valence-electron chi connectivity index (χ4n) is 5.36. The summed E-state index contributed by atoms with van der Waals surface area (Å²) in [5.41, 5.74) is 7.93. The van der Waals surface area contributed by atoms with Gasteiger partial charge in [0.25, 0.3) is 0 Å². The lowest BCUT2D eigenvalue weighted by atomic mass is 9.79. The molecule has 208 valence electrons. The first-order chi connectivity index (χ1) is 18.0. The van der Waals surface area contributed by atoms with Crippen LogP contribution in [0.5, 0.6) is 0 Å². The molecule has 4 N–H and O–H groups in total. The molecule has 0 radical (unpaired) electrons. The number of sulfone groups is 1. The van der Waals surface area contributed by atoms with Gasteiger partial charge in [-0.05, 0) is 55.2 Å². The van der Waals surface area contributed by atoms with Crippen molar-refractivity contribution in [2.24, 2.45) is 11.1 Å². The van der Waals surface area contributed by atoms with Crippen molar-refractivity contribution < 1.29 is 23.1 Å². The lowest BCUT2D eigenvalue weighted by molar-refractivity contribution is -0.141. The van der Waals surface area contributed by atoms with Gasteiger partial charge in [-0.15, -0.1) is 0 Å². The number of carboxylic acids is 1. The van der Waals surface area contributed by atoms with Crippen LogP contribution in [0.3, 0.4) is 0 Å². The number of nitrogens with one attached hydrogen (secondary N) is 1. The van der Waals surface area contributed by atoms with E-state index in [0.717, 1.165) is 49.8 Å². The van der Waals surface area contributed by atoms with Crippen molar-refractivity contribution in [2.75, 3.05) is 17.2 Å². The van der Waals surface area contributed by atoms with Crippen LogP contribution in [0.2, 0.25) is 0 Å². The third-order valence-corrected chi connectivity index (χ3v) is 9.45. The number of nitrogens with two attached hydrogens (primary N) is 1. The molecule has 1 atom stereocenters. The minimum absolute atomic E-state index is 0.0751. The summed E-state index contributed by atoms with van der Waals surface area (Å²) in [7, 11) is -3.66. The first kappa shape index (κ1) is 29.6. The van der Waals surface area contributed by atoms with Crippen molar-refractivity contribution in [3.63, 3.8) is 0 Å². The van der Waals surface area contributed by atoms with Crippen molar-refractivity contribution in [1.29, 1.82) is 0 Å². The fourth-order valence-corrected chi connectivity index (χ4v) is 7.51. The molecule has 0 spiro atoms. The summed E-state index contributed by atoms with van der Waals surface area (Å²) in [6, 6.07) is 12.3. The van der Waals surface area contributed by atoms with Crippen molar-refractivity contribution in [1.82, 2.24) is 5.32 Å². The van der Waals surface area contributed by atoms with Crippen molar-refractivity contribution in [2.45, 2.75) is 83.2 Å². The van der Waals surface area contributed by atoms with E-state index in [1.54, 1.807) is 6.07 Å². The zero-order valence-electron chi connectivity index (χ0n) is 22.7. The van der Waals surface area contributed by atoms with Gasteiger partial charge in [0.1, 0.15) is 6.04 Å². The molecule has 1 amide bonds. The zero-order valence-corrected chi connectivity index (χ0v) is 23.5. The second-order valence-corrected chi connectivity index (χ2v) is 12.5. The van der Waals surface area contributed by atoms with Crippen LogP contribution >= 0.6 is 0 Å². The van der Waals surface area contributed by atoms with Crippen LogP contribution in [0.15, 0.2) is 47.4 Å². The maximum Gasteiger partial charge on any atom is 0.321 e. The highest BCUT2D eigenvalue weighted by Gasteiger charge is 2.42. The van der Waals surface area contributed by atoms with Crippen LogP contribution in [-0.4, -0.2) is 43.7 Å². The number of aryl methyl sites for hydroxylation is 1. The number of aliphatic carboxylic acids is 1. The number of hydrogen-bond acceptors (Lipinski definition) is 6. The van der Waals surface area contributed by atoms with Gasteiger partial charge in [-0.3, -0.25) is 14.9 Å². The molecule has 3 rings (SSSR count). The topological polar surface area (TPSA) is 130 Å². The molecule has 0 saturated carbocycles. The van der Waals surface area contributed by atoms with E-state index >= 15 is 0 Å². The maximum atomic E-state index is 14.1. The molecule has 0 aromatic heterocycles. The summed E-state index contributed by atoms with van der Waals surface area (Å²) in [4.78, 5) is 25.3. The summed E-state index contributed by atoms with van der Waals surface area (Å²) in [6.07, 6.45) is 5.23. The molecule has 38 heavy (non-hydrogen) atoms. The second-order valence-electron chi connectivity index (χ2n) is 10.6. The largest absolute Gasteiger partial charge is 0.480 e. The Morgan fingerprint density at radius 1 is 1.11 bits per heavy atom. The Hall–Kier alpha value is -2.91. The maximum absolute atomic E-state index is 14.1. The van der Waals surface area contributed by atoms with Crippen LogP contribution < -0.4 is 16.0 Å². The molecule has 2 aromatic rings. The Kier molecular flexibility index (Phi) is 9.95. The van der Waals surface area contributed by atoms with Crippen LogP contribution in [0, 0.1) is 12.3 Å². The van der Waals surface area contributed by atoms with Gasteiger partial charge in [0.15, 0.2) is 9.84 Å². The molecular weight excluding hydrogens is 502 g/mol. The quantitative estimate of drug-likeness (QED) is 0.334. The number of anilines is 2. The first-order valence-corrected chi connectivity index (χ1v) is 15.1. The molecular formula is C29H41N3O5S. The van der Waals surface area contributed by atoms with E-state index in [1.807, 2.05) is 43.3 Å². The van der Waals surface area contributed by atoms with Crippen LogP contribution in [0.1, 0.15) is 69.9 Å². The van der Waals surface area contributed by atoms with Gasteiger partial charge in [0, 0.05) is 24.2 Å². The van der Waals surface area contributed by atoms with Crippen molar-refractivity contribution in [3.8, 4) is 0 Å². The number of rotatable bonds is 13. The Labute approximate surface area is 226 Å². The highest BCUT2D eigenvalue weighted by molar-refractivity contribution is 7.91. The minimum Gasteiger partial charge on any atom is -0.480 e. The smallest absolute Gasteiger partial charge is 0.321 e. The number of carbonyl (C=O) groups is 2. The summed E-state index contributed by atoms with van der Waals surface area (Å²) >= 11 is 0. The third kappa shape index (κ3) is 7.14. The number of fused-ring (bicyclic) bond motifs is 1. The highest BCUT2D eigenvalue weighted by atomic mass is 32.2. The molecule has 0 bridgehead atoms. The van der Waals surface area contributed by atoms with Crippen LogP contribution in [0.25, 0.3) is 0 Å². The number of carboxylic acid groups (broad SMARTS) is 1. The van der Waals surface area contributed by atoms with Crippen molar-refractivity contribution >= 4 is 33.1 Å². The number of amides is 1. The Bertz CT molecular complexity index is 1220. The molecule has 1 unspecified atom stereocenters. The number of para-hydroxylation sites is 1. The monoisotopic (exact) mass is 543 g/mol. The average Bonchev–Trinajstić information content (AvgIpc) is 2.96. The molecule has 1 heterocycles. The predicted molar refractivity (Wildman–Crippen MR) is 150 cm³/mol. The van der Waals surface area contributed by atoms with Gasteiger partial charge >= 0.3 is 5.97 Å². The number of unbranched alkanes of at least 4 members (excludes halogenated alkanes) is 2. The van der Waals surface area contributed by atoms with E-state index in [1.165, 1.54) is 0 Å². The van der Waals surface area contributed by atoms with E-state index in [0.29, 0.717) is 17.8 Å². The third-order valence-electron chi connectivity index (χ3n) is 7.46. The molecule has 1 aliphatic heterocycles. The highest BCUT2D eigenvalue weighted by Crippen LogP contribution is 2.45. The molecule has 8 nitrogen and oxygen atoms in total. The molecule has 0 saturated heterocycles. The second kappa shape index (κ2) is 12.8. The Morgan fingerprint density at radius 3 is 2.29 bits per heavy atom. The number of benzene rings is 2.